The molecule has 0 amide bonds. The molecule has 0 unspecified atom stereocenters. The third kappa shape index (κ3) is 3.42. The number of nitrogens with zero attached hydrogens (tertiary/aromatic N) is 1. The lowest BCUT2D eigenvalue weighted by Gasteiger charge is -2.13. The first kappa shape index (κ1) is 12.9. The molecule has 0 heterocycles. The molecule has 0 saturated carbocycles. The SMILES string of the molecule is COc1cccc(CBr)c1OCCCC#N. The topological polar surface area (TPSA) is 42.2 Å². The van der Waals surface area contributed by atoms with Gasteiger partial charge in [-0.2, -0.15) is 5.26 Å². The Hall–Kier alpha value is -1.21. The van der Waals surface area contributed by atoms with Crippen molar-refractivity contribution in [1.82, 2.24) is 0 Å². The number of unbranched alkanes of at least 4 members (excludes halogenated alkanes) is 1. The molecule has 0 fully saturated rings. The van der Waals surface area contributed by atoms with Gasteiger partial charge in [-0.05, 0) is 12.5 Å². The summed E-state index contributed by atoms with van der Waals surface area (Å²) in [5.74, 6) is 1.49. The maximum absolute atomic E-state index is 8.43. The second-order valence-corrected chi connectivity index (χ2v) is 3.75. The molecule has 0 aliphatic carbocycles. The van der Waals surface area contributed by atoms with Crippen molar-refractivity contribution in [2.24, 2.45) is 0 Å². The van der Waals surface area contributed by atoms with Crippen LogP contribution in [0.3, 0.4) is 0 Å². The van der Waals surface area contributed by atoms with Crippen LogP contribution in [0, 0.1) is 11.3 Å². The molecule has 0 spiro atoms. The van der Waals surface area contributed by atoms with Gasteiger partial charge in [0, 0.05) is 17.3 Å². The van der Waals surface area contributed by atoms with E-state index in [1.807, 2.05) is 18.2 Å². The molecule has 0 aromatic heterocycles. The quantitative estimate of drug-likeness (QED) is 0.594. The first-order chi connectivity index (χ1) is 7.83. The summed E-state index contributed by atoms with van der Waals surface area (Å²) in [5, 5.41) is 9.15. The maximum Gasteiger partial charge on any atom is 0.165 e. The van der Waals surface area contributed by atoms with Gasteiger partial charge in [0.25, 0.3) is 0 Å². The van der Waals surface area contributed by atoms with Crippen LogP contribution in [0.15, 0.2) is 18.2 Å². The standard InChI is InChI=1S/C12H14BrNO2/c1-15-11-6-4-5-10(9-13)12(11)16-8-3-2-7-14/h4-6H,2-3,8-9H2,1H3. The number of para-hydroxylation sites is 1. The summed E-state index contributed by atoms with van der Waals surface area (Å²) in [7, 11) is 1.62. The molecule has 0 N–H and O–H groups in total. The van der Waals surface area contributed by atoms with Gasteiger partial charge in [-0.3, -0.25) is 0 Å². The summed E-state index contributed by atoms with van der Waals surface area (Å²) in [6.07, 6.45) is 1.25. The first-order valence-corrected chi connectivity index (χ1v) is 6.17. The van der Waals surface area contributed by atoms with Crippen molar-refractivity contribution in [3.63, 3.8) is 0 Å². The van der Waals surface area contributed by atoms with Crippen LogP contribution in [0.2, 0.25) is 0 Å². The second-order valence-electron chi connectivity index (χ2n) is 3.19. The minimum Gasteiger partial charge on any atom is -0.493 e. The summed E-state index contributed by atoms with van der Waals surface area (Å²) in [6.45, 7) is 0.536. The molecular weight excluding hydrogens is 270 g/mol. The molecule has 3 nitrogen and oxygen atoms in total. The van der Waals surface area contributed by atoms with Crippen LogP contribution >= 0.6 is 15.9 Å². The Balaban J connectivity index is 2.71. The predicted molar refractivity (Wildman–Crippen MR) is 66.0 cm³/mol. The van der Waals surface area contributed by atoms with Crippen LogP contribution < -0.4 is 9.47 Å². The summed E-state index contributed by atoms with van der Waals surface area (Å²) < 4.78 is 10.9. The van der Waals surface area contributed by atoms with Gasteiger partial charge in [0.15, 0.2) is 11.5 Å². The third-order valence-electron chi connectivity index (χ3n) is 2.10. The highest BCUT2D eigenvalue weighted by atomic mass is 79.9. The lowest BCUT2D eigenvalue weighted by molar-refractivity contribution is 0.288. The van der Waals surface area contributed by atoms with Crippen molar-refractivity contribution >= 4 is 15.9 Å². The summed E-state index contributed by atoms with van der Waals surface area (Å²) in [5.41, 5.74) is 1.05. The normalized spacial score (nSPS) is 9.56. The molecule has 0 atom stereocenters. The number of ether oxygens (including phenoxy) is 2. The van der Waals surface area contributed by atoms with E-state index >= 15 is 0 Å². The average molecular weight is 284 g/mol. The Morgan fingerprint density at radius 1 is 1.44 bits per heavy atom. The fourth-order valence-corrected chi connectivity index (χ4v) is 1.76. The van der Waals surface area contributed by atoms with E-state index in [4.69, 9.17) is 14.7 Å². The molecule has 86 valence electrons. The second kappa shape index (κ2) is 7.13. The zero-order valence-electron chi connectivity index (χ0n) is 9.20. The number of nitriles is 1. The first-order valence-electron chi connectivity index (χ1n) is 5.05. The van der Waals surface area contributed by atoms with Gasteiger partial charge in [-0.1, -0.05) is 28.1 Å². The lowest BCUT2D eigenvalue weighted by atomic mass is 10.2. The highest BCUT2D eigenvalue weighted by molar-refractivity contribution is 9.08. The van der Waals surface area contributed by atoms with Gasteiger partial charge in [0.2, 0.25) is 0 Å². The van der Waals surface area contributed by atoms with Crippen molar-refractivity contribution in [2.75, 3.05) is 13.7 Å². The van der Waals surface area contributed by atoms with Crippen LogP contribution in [0.25, 0.3) is 0 Å². The molecule has 1 aromatic rings. The molecule has 4 heteroatoms. The van der Waals surface area contributed by atoms with Crippen LogP contribution in [-0.2, 0) is 5.33 Å². The Bertz CT molecular complexity index is 352. The van der Waals surface area contributed by atoms with Crippen LogP contribution in [0.4, 0.5) is 0 Å². The number of benzene rings is 1. The van der Waals surface area contributed by atoms with Gasteiger partial charge in [-0.25, -0.2) is 0 Å². The van der Waals surface area contributed by atoms with Crippen molar-refractivity contribution in [3.05, 3.63) is 23.8 Å². The molecular formula is C12H14BrNO2. The largest absolute Gasteiger partial charge is 0.493 e. The van der Waals surface area contributed by atoms with E-state index in [0.717, 1.165) is 28.8 Å². The lowest BCUT2D eigenvalue weighted by Crippen LogP contribution is -2.01. The van der Waals surface area contributed by atoms with Gasteiger partial charge >= 0.3 is 0 Å². The van der Waals surface area contributed by atoms with Gasteiger partial charge in [0.05, 0.1) is 19.8 Å². The monoisotopic (exact) mass is 283 g/mol. The number of halogens is 1. The number of methoxy groups -OCH3 is 1. The molecule has 0 radical (unpaired) electrons. The number of hydrogen-bond donors (Lipinski definition) is 0. The van der Waals surface area contributed by atoms with Gasteiger partial charge < -0.3 is 9.47 Å². The van der Waals surface area contributed by atoms with Crippen molar-refractivity contribution < 1.29 is 9.47 Å². The molecule has 1 aromatic carbocycles. The van der Waals surface area contributed by atoms with Crippen molar-refractivity contribution in [1.29, 1.82) is 5.26 Å². The van der Waals surface area contributed by atoms with E-state index in [-0.39, 0.29) is 0 Å². The molecule has 1 rings (SSSR count). The Morgan fingerprint density at radius 2 is 2.25 bits per heavy atom. The fraction of sp³-hybridized carbons (Fsp3) is 0.417. The number of rotatable bonds is 6. The predicted octanol–water partition coefficient (Wildman–Crippen LogP) is 3.27. The van der Waals surface area contributed by atoms with Gasteiger partial charge in [0.1, 0.15) is 0 Å². The van der Waals surface area contributed by atoms with E-state index in [0.29, 0.717) is 13.0 Å². The Labute approximate surface area is 104 Å². The molecule has 0 bridgehead atoms. The minimum atomic E-state index is 0.513. The van der Waals surface area contributed by atoms with Crippen LogP contribution in [-0.4, -0.2) is 13.7 Å². The number of alkyl halides is 1. The average Bonchev–Trinajstić information content (AvgIpc) is 2.34. The number of hydrogen-bond acceptors (Lipinski definition) is 3. The smallest absolute Gasteiger partial charge is 0.165 e. The Kier molecular flexibility index (Phi) is 5.73. The van der Waals surface area contributed by atoms with Crippen LogP contribution in [0.5, 0.6) is 11.5 Å². The maximum atomic E-state index is 8.43. The highest BCUT2D eigenvalue weighted by Crippen LogP contribution is 2.32. The Morgan fingerprint density at radius 3 is 2.88 bits per heavy atom. The van der Waals surface area contributed by atoms with E-state index < -0.39 is 0 Å². The van der Waals surface area contributed by atoms with E-state index in [1.165, 1.54) is 0 Å². The zero-order chi connectivity index (χ0) is 11.8. The molecule has 0 saturated heterocycles. The summed E-state index contributed by atoms with van der Waals surface area (Å²) in [6, 6.07) is 7.87. The molecule has 16 heavy (non-hydrogen) atoms. The van der Waals surface area contributed by atoms with Gasteiger partial charge in [-0.15, -0.1) is 0 Å². The highest BCUT2D eigenvalue weighted by Gasteiger charge is 2.09. The van der Waals surface area contributed by atoms with Crippen LogP contribution in [0.1, 0.15) is 18.4 Å². The third-order valence-corrected chi connectivity index (χ3v) is 2.71. The van der Waals surface area contributed by atoms with E-state index in [2.05, 4.69) is 22.0 Å². The summed E-state index contributed by atoms with van der Waals surface area (Å²) >= 11 is 3.41. The van der Waals surface area contributed by atoms with E-state index in [1.54, 1.807) is 7.11 Å². The van der Waals surface area contributed by atoms with E-state index in [9.17, 15) is 0 Å². The minimum absolute atomic E-state index is 0.513. The molecule has 0 aliphatic rings. The molecule has 0 aliphatic heterocycles. The summed E-state index contributed by atoms with van der Waals surface area (Å²) in [4.78, 5) is 0. The van der Waals surface area contributed by atoms with Crippen molar-refractivity contribution in [2.45, 2.75) is 18.2 Å². The zero-order valence-corrected chi connectivity index (χ0v) is 10.8. The van der Waals surface area contributed by atoms with Crippen molar-refractivity contribution in [3.8, 4) is 17.6 Å². The fourth-order valence-electron chi connectivity index (χ4n) is 1.32.